The maximum atomic E-state index is 11.6. The third-order valence-corrected chi connectivity index (χ3v) is 3.05. The molecule has 1 amide bonds. The summed E-state index contributed by atoms with van der Waals surface area (Å²) >= 11 is 0. The molecule has 1 aliphatic rings. The van der Waals surface area contributed by atoms with Gasteiger partial charge in [0.15, 0.2) is 0 Å². The summed E-state index contributed by atoms with van der Waals surface area (Å²) < 4.78 is 0. The first-order valence-corrected chi connectivity index (χ1v) is 5.74. The minimum atomic E-state index is 0.137. The van der Waals surface area contributed by atoms with Crippen LogP contribution < -0.4 is 4.90 Å². The van der Waals surface area contributed by atoms with Crippen molar-refractivity contribution < 1.29 is 4.79 Å². The average molecular weight is 215 g/mol. The number of amides is 1. The van der Waals surface area contributed by atoms with Crippen LogP contribution in [0.25, 0.3) is 0 Å². The molecule has 0 radical (unpaired) electrons. The van der Waals surface area contributed by atoms with Gasteiger partial charge < -0.3 is 4.90 Å². The minimum Gasteiger partial charge on any atom is -0.312 e. The molecule has 0 aliphatic carbocycles. The molecule has 84 valence electrons. The molecule has 2 nitrogen and oxygen atoms in total. The lowest BCUT2D eigenvalue weighted by Crippen LogP contribution is -2.34. The normalized spacial score (nSPS) is 14.4. The maximum Gasteiger partial charge on any atom is 0.223 e. The molecule has 1 aliphatic heterocycles. The van der Waals surface area contributed by atoms with Gasteiger partial charge in [-0.05, 0) is 30.4 Å². The fourth-order valence-corrected chi connectivity index (χ4v) is 2.37. The number of benzene rings is 1. The predicted octanol–water partition coefficient (Wildman–Crippen LogP) is 2.71. The smallest absolute Gasteiger partial charge is 0.223 e. The molecule has 0 saturated carbocycles. The first kappa shape index (κ1) is 10.9. The van der Waals surface area contributed by atoms with Crippen LogP contribution in [0, 0.1) is 0 Å². The summed E-state index contributed by atoms with van der Waals surface area (Å²) in [4.78, 5) is 13.5. The second kappa shape index (κ2) is 4.52. The predicted molar refractivity (Wildman–Crippen MR) is 66.7 cm³/mol. The van der Waals surface area contributed by atoms with Gasteiger partial charge in [0.2, 0.25) is 5.91 Å². The summed E-state index contributed by atoms with van der Waals surface area (Å²) in [5.41, 5.74) is 3.63. The molecule has 1 aromatic rings. The quantitative estimate of drug-likeness (QED) is 0.695. The van der Waals surface area contributed by atoms with Crippen molar-refractivity contribution >= 4 is 11.6 Å². The van der Waals surface area contributed by atoms with Crippen molar-refractivity contribution in [3.8, 4) is 0 Å². The Morgan fingerprint density at radius 1 is 1.56 bits per heavy atom. The third kappa shape index (κ3) is 1.87. The number of carbonyl (C=O) groups is 1. The topological polar surface area (TPSA) is 20.3 Å². The molecule has 0 N–H and O–H groups in total. The van der Waals surface area contributed by atoms with Crippen LogP contribution in [0.15, 0.2) is 30.9 Å². The van der Waals surface area contributed by atoms with Gasteiger partial charge in [0.1, 0.15) is 0 Å². The lowest BCUT2D eigenvalue weighted by molar-refractivity contribution is -0.116. The standard InChI is InChI=1S/C14H17NO/c1-3-6-12-7-4-8-13-9-5-10-15(11(2)16)14(12)13/h3-4,7-8H,1,5-6,9-10H2,2H3. The van der Waals surface area contributed by atoms with E-state index in [1.165, 1.54) is 11.1 Å². The molecule has 2 rings (SSSR count). The van der Waals surface area contributed by atoms with Crippen LogP contribution >= 0.6 is 0 Å². The highest BCUT2D eigenvalue weighted by Gasteiger charge is 2.21. The Kier molecular flexibility index (Phi) is 3.09. The molecule has 1 heterocycles. The van der Waals surface area contributed by atoms with E-state index in [4.69, 9.17) is 0 Å². The van der Waals surface area contributed by atoms with Crippen LogP contribution in [0.2, 0.25) is 0 Å². The number of allylic oxidation sites excluding steroid dienone is 1. The van der Waals surface area contributed by atoms with Crippen LogP contribution in [0.4, 0.5) is 5.69 Å². The molecule has 0 spiro atoms. The van der Waals surface area contributed by atoms with E-state index in [2.05, 4.69) is 24.8 Å². The van der Waals surface area contributed by atoms with Gasteiger partial charge in [-0.25, -0.2) is 0 Å². The van der Waals surface area contributed by atoms with Crippen molar-refractivity contribution in [1.82, 2.24) is 0 Å². The Morgan fingerprint density at radius 3 is 3.06 bits per heavy atom. The first-order valence-electron chi connectivity index (χ1n) is 5.74. The van der Waals surface area contributed by atoms with E-state index < -0.39 is 0 Å². The van der Waals surface area contributed by atoms with Crippen LogP contribution in [-0.2, 0) is 17.6 Å². The molecule has 2 heteroatoms. The second-order valence-corrected chi connectivity index (χ2v) is 4.19. The molecule has 1 aromatic carbocycles. The van der Waals surface area contributed by atoms with Crippen molar-refractivity contribution in [2.75, 3.05) is 11.4 Å². The van der Waals surface area contributed by atoms with Gasteiger partial charge in [-0.15, -0.1) is 6.58 Å². The van der Waals surface area contributed by atoms with E-state index in [1.807, 2.05) is 11.0 Å². The monoisotopic (exact) mass is 215 g/mol. The van der Waals surface area contributed by atoms with Gasteiger partial charge >= 0.3 is 0 Å². The molecule has 0 unspecified atom stereocenters. The highest BCUT2D eigenvalue weighted by atomic mass is 16.2. The summed E-state index contributed by atoms with van der Waals surface area (Å²) in [6.07, 6.45) is 4.85. The molecular weight excluding hydrogens is 198 g/mol. The first-order chi connectivity index (χ1) is 7.74. The fourth-order valence-electron chi connectivity index (χ4n) is 2.37. The third-order valence-electron chi connectivity index (χ3n) is 3.05. The highest BCUT2D eigenvalue weighted by molar-refractivity contribution is 5.93. The van der Waals surface area contributed by atoms with E-state index >= 15 is 0 Å². The lowest BCUT2D eigenvalue weighted by atomic mass is 9.96. The van der Waals surface area contributed by atoms with Gasteiger partial charge in [0.25, 0.3) is 0 Å². The fraction of sp³-hybridized carbons (Fsp3) is 0.357. The molecule has 0 aromatic heterocycles. The molecule has 16 heavy (non-hydrogen) atoms. The van der Waals surface area contributed by atoms with Gasteiger partial charge in [0.05, 0.1) is 5.69 Å². The molecular formula is C14H17NO. The zero-order valence-electron chi connectivity index (χ0n) is 9.70. The number of para-hydroxylation sites is 1. The van der Waals surface area contributed by atoms with E-state index in [1.54, 1.807) is 6.92 Å². The van der Waals surface area contributed by atoms with Crippen molar-refractivity contribution in [3.05, 3.63) is 42.0 Å². The number of carbonyl (C=O) groups excluding carboxylic acids is 1. The summed E-state index contributed by atoms with van der Waals surface area (Å²) in [7, 11) is 0. The molecule has 0 bridgehead atoms. The lowest BCUT2D eigenvalue weighted by Gasteiger charge is -2.30. The average Bonchev–Trinajstić information content (AvgIpc) is 2.29. The van der Waals surface area contributed by atoms with Gasteiger partial charge in [-0.1, -0.05) is 24.3 Å². The number of aryl methyl sites for hydroxylation is 1. The number of fused-ring (bicyclic) bond motifs is 1. The van der Waals surface area contributed by atoms with Crippen LogP contribution in [0.5, 0.6) is 0 Å². The second-order valence-electron chi connectivity index (χ2n) is 4.19. The number of hydrogen-bond acceptors (Lipinski definition) is 1. The van der Waals surface area contributed by atoms with E-state index in [9.17, 15) is 4.79 Å². The van der Waals surface area contributed by atoms with Crippen molar-refractivity contribution in [1.29, 1.82) is 0 Å². The van der Waals surface area contributed by atoms with Crippen LogP contribution in [-0.4, -0.2) is 12.5 Å². The largest absolute Gasteiger partial charge is 0.312 e. The van der Waals surface area contributed by atoms with E-state index in [0.717, 1.165) is 31.5 Å². The Morgan fingerprint density at radius 2 is 2.38 bits per heavy atom. The molecule has 0 atom stereocenters. The summed E-state index contributed by atoms with van der Waals surface area (Å²) in [6.45, 7) is 6.25. The van der Waals surface area contributed by atoms with Crippen molar-refractivity contribution in [2.24, 2.45) is 0 Å². The van der Waals surface area contributed by atoms with Gasteiger partial charge in [0, 0.05) is 13.5 Å². The molecule has 0 saturated heterocycles. The number of anilines is 1. The van der Waals surface area contributed by atoms with Crippen LogP contribution in [0.3, 0.4) is 0 Å². The number of hydrogen-bond donors (Lipinski definition) is 0. The van der Waals surface area contributed by atoms with Gasteiger partial charge in [-0.2, -0.15) is 0 Å². The van der Waals surface area contributed by atoms with Crippen molar-refractivity contribution in [2.45, 2.75) is 26.2 Å². The van der Waals surface area contributed by atoms with Crippen LogP contribution in [0.1, 0.15) is 24.5 Å². The number of nitrogens with zero attached hydrogens (tertiary/aromatic N) is 1. The Balaban J connectivity index is 2.50. The SMILES string of the molecule is C=CCc1cccc2c1N(C(C)=O)CCC2. The maximum absolute atomic E-state index is 11.6. The summed E-state index contributed by atoms with van der Waals surface area (Å²) in [6, 6.07) is 6.28. The zero-order valence-corrected chi connectivity index (χ0v) is 9.70. The van der Waals surface area contributed by atoms with Gasteiger partial charge in [-0.3, -0.25) is 4.79 Å². The van der Waals surface area contributed by atoms with E-state index in [-0.39, 0.29) is 5.91 Å². The summed E-state index contributed by atoms with van der Waals surface area (Å²) in [5.74, 6) is 0.137. The highest BCUT2D eigenvalue weighted by Crippen LogP contribution is 2.31. The Hall–Kier alpha value is -1.57. The Bertz CT molecular complexity index is 423. The Labute approximate surface area is 96.6 Å². The summed E-state index contributed by atoms with van der Waals surface area (Å²) in [5, 5.41) is 0. The van der Waals surface area contributed by atoms with E-state index in [0.29, 0.717) is 0 Å². The zero-order chi connectivity index (χ0) is 11.5. The number of rotatable bonds is 2. The van der Waals surface area contributed by atoms with Crippen molar-refractivity contribution in [3.63, 3.8) is 0 Å². The molecule has 0 fully saturated rings. The minimum absolute atomic E-state index is 0.137.